The zero-order chi connectivity index (χ0) is 23.2. The van der Waals surface area contributed by atoms with Gasteiger partial charge in [-0.3, -0.25) is 20.1 Å². The van der Waals surface area contributed by atoms with Crippen LogP contribution in [0, 0.1) is 5.82 Å². The predicted molar refractivity (Wildman–Crippen MR) is 130 cm³/mol. The van der Waals surface area contributed by atoms with Crippen LogP contribution in [0.5, 0.6) is 0 Å². The van der Waals surface area contributed by atoms with Crippen LogP contribution >= 0.6 is 0 Å². The Morgan fingerprint density at radius 3 is 2.65 bits per heavy atom. The second kappa shape index (κ2) is 7.73. The van der Waals surface area contributed by atoms with Crippen molar-refractivity contribution in [3.63, 3.8) is 0 Å². The Morgan fingerprint density at radius 2 is 1.79 bits per heavy atom. The molecule has 0 atom stereocenters. The van der Waals surface area contributed by atoms with Crippen molar-refractivity contribution < 1.29 is 4.39 Å². The highest BCUT2D eigenvalue weighted by atomic mass is 19.1. The third-order valence-corrected chi connectivity index (χ3v) is 5.71. The summed E-state index contributed by atoms with van der Waals surface area (Å²) in [5, 5.41) is 8.40. The zero-order valence-electron chi connectivity index (χ0n) is 18.4. The lowest BCUT2D eigenvalue weighted by molar-refractivity contribution is 0.628. The molecule has 34 heavy (non-hydrogen) atoms. The minimum absolute atomic E-state index is 0.321. The fourth-order valence-corrected chi connectivity index (χ4v) is 3.96. The van der Waals surface area contributed by atoms with Gasteiger partial charge in [-0.25, -0.2) is 9.37 Å². The van der Waals surface area contributed by atoms with Gasteiger partial charge in [0.1, 0.15) is 17.0 Å². The molecule has 0 bridgehead atoms. The minimum atomic E-state index is -0.321. The van der Waals surface area contributed by atoms with Gasteiger partial charge in [-0.2, -0.15) is 5.10 Å². The number of halogens is 1. The molecule has 8 nitrogen and oxygen atoms in total. The Hall–Kier alpha value is -4.66. The molecule has 0 amide bonds. The van der Waals surface area contributed by atoms with Crippen LogP contribution in [-0.4, -0.2) is 49.2 Å². The molecule has 9 heteroatoms. The highest BCUT2D eigenvalue weighted by molar-refractivity contribution is 5.96. The Balaban J connectivity index is 1.48. The van der Waals surface area contributed by atoms with Crippen LogP contribution in [0.25, 0.3) is 56.0 Å². The first-order valence-corrected chi connectivity index (χ1v) is 10.6. The van der Waals surface area contributed by atoms with E-state index in [-0.39, 0.29) is 5.82 Å². The van der Waals surface area contributed by atoms with E-state index in [0.717, 1.165) is 33.4 Å². The maximum absolute atomic E-state index is 13.8. The first-order valence-electron chi connectivity index (χ1n) is 10.6. The van der Waals surface area contributed by atoms with E-state index in [9.17, 15) is 4.39 Å². The number of aromatic amines is 2. The van der Waals surface area contributed by atoms with Crippen LogP contribution in [0.4, 0.5) is 10.1 Å². The first-order chi connectivity index (χ1) is 16.6. The van der Waals surface area contributed by atoms with Crippen LogP contribution in [0.3, 0.4) is 0 Å². The summed E-state index contributed by atoms with van der Waals surface area (Å²) in [6.45, 7) is 0. The summed E-state index contributed by atoms with van der Waals surface area (Å²) in [5.41, 5.74) is 6.84. The number of H-pyrrole nitrogens is 2. The van der Waals surface area contributed by atoms with E-state index < -0.39 is 0 Å². The van der Waals surface area contributed by atoms with Gasteiger partial charge in [0, 0.05) is 43.0 Å². The Morgan fingerprint density at radius 1 is 0.882 bits per heavy atom. The molecule has 0 fully saturated rings. The second-order valence-electron chi connectivity index (χ2n) is 8.17. The maximum Gasteiger partial charge on any atom is 0.159 e. The average molecular weight is 450 g/mol. The lowest BCUT2D eigenvalue weighted by atomic mass is 10.1. The van der Waals surface area contributed by atoms with Crippen LogP contribution in [0.15, 0.2) is 67.3 Å². The number of benzene rings is 1. The van der Waals surface area contributed by atoms with Gasteiger partial charge in [0.2, 0.25) is 0 Å². The first kappa shape index (κ1) is 20.0. The van der Waals surface area contributed by atoms with Crippen molar-refractivity contribution in [2.45, 2.75) is 0 Å². The standard InChI is InChI=1S/C25H19FN8/c1-34(2)17-9-15(11-27-12-17)20-10-18-21(13-29-20)32-33-23(18)25-30-19-6-7-28-22(24(19)31-25)14-4-3-5-16(26)8-14/h3-13H,1-2H3,(H,30,31)(H,32,33). The molecular weight excluding hydrogens is 431 g/mol. The van der Waals surface area contributed by atoms with Crippen molar-refractivity contribution in [1.82, 2.24) is 35.1 Å². The molecule has 5 aromatic heterocycles. The lowest BCUT2D eigenvalue weighted by Gasteiger charge is -2.12. The Kier molecular flexibility index (Phi) is 4.54. The van der Waals surface area contributed by atoms with Gasteiger partial charge >= 0.3 is 0 Å². The quantitative estimate of drug-likeness (QED) is 0.399. The fourth-order valence-electron chi connectivity index (χ4n) is 3.96. The SMILES string of the molecule is CN(C)c1cncc(-c2cc3c(-c4nc5c(-c6cccc(F)c6)nccc5[nH]4)n[nH]c3cn2)c1. The fraction of sp³-hybridized carbons (Fsp3) is 0.0800. The van der Waals surface area contributed by atoms with Gasteiger partial charge in [0.05, 0.1) is 40.5 Å². The number of hydrogen-bond acceptors (Lipinski definition) is 6. The van der Waals surface area contributed by atoms with E-state index in [2.05, 4.69) is 30.1 Å². The highest BCUT2D eigenvalue weighted by Crippen LogP contribution is 2.32. The third-order valence-electron chi connectivity index (χ3n) is 5.71. The van der Waals surface area contributed by atoms with Gasteiger partial charge in [0.15, 0.2) is 5.82 Å². The lowest BCUT2D eigenvalue weighted by Crippen LogP contribution is -2.08. The summed E-state index contributed by atoms with van der Waals surface area (Å²) in [7, 11) is 3.94. The monoisotopic (exact) mass is 450 g/mol. The number of nitrogens with one attached hydrogen (secondary N) is 2. The van der Waals surface area contributed by atoms with E-state index in [1.54, 1.807) is 24.7 Å². The summed E-state index contributed by atoms with van der Waals surface area (Å²) >= 11 is 0. The Bertz CT molecular complexity index is 1670. The summed E-state index contributed by atoms with van der Waals surface area (Å²) in [6.07, 6.45) is 7.04. The summed E-state index contributed by atoms with van der Waals surface area (Å²) in [4.78, 5) is 23.5. The summed E-state index contributed by atoms with van der Waals surface area (Å²) in [5.74, 6) is 0.266. The molecule has 0 aliphatic carbocycles. The zero-order valence-corrected chi connectivity index (χ0v) is 18.4. The van der Waals surface area contributed by atoms with Gasteiger partial charge in [-0.05, 0) is 30.3 Å². The number of anilines is 1. The number of fused-ring (bicyclic) bond motifs is 2. The molecule has 6 aromatic rings. The van der Waals surface area contributed by atoms with E-state index in [4.69, 9.17) is 4.98 Å². The van der Waals surface area contributed by atoms with Crippen LogP contribution in [0.1, 0.15) is 0 Å². The van der Waals surface area contributed by atoms with Crippen molar-refractivity contribution in [2.24, 2.45) is 0 Å². The van der Waals surface area contributed by atoms with Crippen LogP contribution in [-0.2, 0) is 0 Å². The molecule has 0 aliphatic heterocycles. The largest absolute Gasteiger partial charge is 0.376 e. The number of nitrogens with zero attached hydrogens (tertiary/aromatic N) is 6. The molecule has 166 valence electrons. The molecule has 5 heterocycles. The molecule has 2 N–H and O–H groups in total. The van der Waals surface area contributed by atoms with Gasteiger partial charge in [-0.15, -0.1) is 0 Å². The van der Waals surface area contributed by atoms with E-state index in [1.807, 2.05) is 49.5 Å². The number of hydrogen-bond donors (Lipinski definition) is 2. The van der Waals surface area contributed by atoms with Crippen LogP contribution in [0.2, 0.25) is 0 Å². The minimum Gasteiger partial charge on any atom is -0.376 e. The van der Waals surface area contributed by atoms with Crippen LogP contribution < -0.4 is 4.90 Å². The molecule has 0 spiro atoms. The smallest absolute Gasteiger partial charge is 0.159 e. The summed E-state index contributed by atoms with van der Waals surface area (Å²) < 4.78 is 13.8. The van der Waals surface area contributed by atoms with Gasteiger partial charge in [0.25, 0.3) is 0 Å². The van der Waals surface area contributed by atoms with Crippen molar-refractivity contribution in [1.29, 1.82) is 0 Å². The topological polar surface area (TPSA) is 99.3 Å². The third kappa shape index (κ3) is 3.34. The molecule has 0 aliphatic rings. The highest BCUT2D eigenvalue weighted by Gasteiger charge is 2.17. The Labute approximate surface area is 193 Å². The van der Waals surface area contributed by atoms with E-state index in [0.29, 0.717) is 28.3 Å². The van der Waals surface area contributed by atoms with Crippen molar-refractivity contribution >= 4 is 27.6 Å². The molecule has 0 saturated heterocycles. The second-order valence-corrected chi connectivity index (χ2v) is 8.17. The molecule has 1 aromatic carbocycles. The number of aromatic nitrogens is 7. The molecule has 0 saturated carbocycles. The molecule has 6 rings (SSSR count). The molecular formula is C25H19FN8. The van der Waals surface area contributed by atoms with Gasteiger partial charge < -0.3 is 9.88 Å². The predicted octanol–water partition coefficient (Wildman–Crippen LogP) is 4.83. The van der Waals surface area contributed by atoms with E-state index >= 15 is 0 Å². The number of imidazole rings is 1. The van der Waals surface area contributed by atoms with Crippen molar-refractivity contribution in [3.05, 3.63) is 73.1 Å². The van der Waals surface area contributed by atoms with Crippen molar-refractivity contribution in [2.75, 3.05) is 19.0 Å². The average Bonchev–Trinajstić information content (AvgIpc) is 3.47. The number of rotatable bonds is 4. The number of pyridine rings is 3. The van der Waals surface area contributed by atoms with E-state index in [1.165, 1.54) is 12.1 Å². The normalized spacial score (nSPS) is 11.4. The molecule has 0 unspecified atom stereocenters. The maximum atomic E-state index is 13.8. The van der Waals surface area contributed by atoms with Gasteiger partial charge in [-0.1, -0.05) is 12.1 Å². The summed E-state index contributed by atoms with van der Waals surface area (Å²) in [6, 6.07) is 12.2. The molecule has 0 radical (unpaired) electrons. The van der Waals surface area contributed by atoms with Crippen molar-refractivity contribution in [3.8, 4) is 34.0 Å².